The molecule has 0 atom stereocenters. The van der Waals surface area contributed by atoms with Crippen LogP contribution in [0.1, 0.15) is 15.4 Å². The fraction of sp³-hybridized carbons (Fsp3) is 0. The first-order chi connectivity index (χ1) is 12.3. The molecule has 4 rings (SSSR count). The lowest BCUT2D eigenvalue weighted by atomic mass is 10.1. The van der Waals surface area contributed by atoms with Gasteiger partial charge in [-0.3, -0.25) is 4.79 Å². The van der Waals surface area contributed by atoms with Gasteiger partial charge in [-0.2, -0.15) is 5.10 Å². The molecule has 0 aliphatic rings. The fourth-order valence-corrected chi connectivity index (χ4v) is 3.29. The number of benzene rings is 2. The van der Waals surface area contributed by atoms with Crippen molar-refractivity contribution in [3.63, 3.8) is 0 Å². The van der Waals surface area contributed by atoms with Crippen LogP contribution in [-0.4, -0.2) is 16.7 Å². The molecule has 1 amide bonds. The van der Waals surface area contributed by atoms with Gasteiger partial charge < -0.3 is 4.57 Å². The first kappa shape index (κ1) is 15.4. The molecule has 2 heterocycles. The molecule has 0 saturated heterocycles. The van der Waals surface area contributed by atoms with Gasteiger partial charge >= 0.3 is 0 Å². The molecule has 2 aromatic heterocycles. The van der Waals surface area contributed by atoms with E-state index >= 15 is 0 Å². The predicted molar refractivity (Wildman–Crippen MR) is 103 cm³/mol. The maximum absolute atomic E-state index is 11.9. The Bertz CT molecular complexity index is 1050. The molecule has 0 spiro atoms. The second-order valence-electron chi connectivity index (χ2n) is 5.51. The molecular formula is C20H15N3OS. The minimum atomic E-state index is -0.199. The van der Waals surface area contributed by atoms with Gasteiger partial charge in [0.05, 0.1) is 16.8 Å². The zero-order chi connectivity index (χ0) is 17.1. The van der Waals surface area contributed by atoms with Gasteiger partial charge in [0.15, 0.2) is 0 Å². The van der Waals surface area contributed by atoms with E-state index in [0.29, 0.717) is 4.88 Å². The van der Waals surface area contributed by atoms with Gasteiger partial charge in [0, 0.05) is 11.9 Å². The predicted octanol–water partition coefficient (Wildman–Crippen LogP) is 4.46. The van der Waals surface area contributed by atoms with E-state index in [9.17, 15) is 4.79 Å². The number of hydrogen-bond acceptors (Lipinski definition) is 3. The highest BCUT2D eigenvalue weighted by Crippen LogP contribution is 2.19. The molecule has 4 nitrogen and oxygen atoms in total. The highest BCUT2D eigenvalue weighted by molar-refractivity contribution is 7.12. The van der Waals surface area contributed by atoms with Crippen molar-refractivity contribution in [2.75, 3.05) is 0 Å². The van der Waals surface area contributed by atoms with E-state index in [-0.39, 0.29) is 5.91 Å². The van der Waals surface area contributed by atoms with Crippen molar-refractivity contribution >= 4 is 34.2 Å². The molecule has 2 aromatic carbocycles. The van der Waals surface area contributed by atoms with Crippen LogP contribution in [0.3, 0.4) is 0 Å². The van der Waals surface area contributed by atoms with E-state index in [1.54, 1.807) is 12.3 Å². The summed E-state index contributed by atoms with van der Waals surface area (Å²) in [5, 5.41) is 8.33. The van der Waals surface area contributed by atoms with Gasteiger partial charge in [0.25, 0.3) is 5.91 Å². The van der Waals surface area contributed by atoms with Crippen LogP contribution >= 0.6 is 11.3 Å². The highest BCUT2D eigenvalue weighted by atomic mass is 32.1. The lowest BCUT2D eigenvalue weighted by Crippen LogP contribution is -2.16. The van der Waals surface area contributed by atoms with E-state index in [1.165, 1.54) is 22.1 Å². The lowest BCUT2D eigenvalue weighted by Gasteiger charge is -2.08. The molecule has 0 aliphatic heterocycles. The van der Waals surface area contributed by atoms with Crippen LogP contribution in [-0.2, 0) is 0 Å². The number of amides is 1. The number of rotatable bonds is 4. The zero-order valence-corrected chi connectivity index (χ0v) is 14.1. The molecule has 25 heavy (non-hydrogen) atoms. The van der Waals surface area contributed by atoms with Crippen LogP contribution in [0, 0.1) is 0 Å². The van der Waals surface area contributed by atoms with Crippen LogP contribution in [0.2, 0.25) is 0 Å². The monoisotopic (exact) mass is 345 g/mol. The van der Waals surface area contributed by atoms with Gasteiger partial charge in [0.2, 0.25) is 0 Å². The minimum absolute atomic E-state index is 0.199. The quantitative estimate of drug-likeness (QED) is 0.431. The van der Waals surface area contributed by atoms with E-state index < -0.39 is 0 Å². The van der Waals surface area contributed by atoms with Crippen molar-refractivity contribution in [3.05, 3.63) is 88.9 Å². The smallest absolute Gasteiger partial charge is 0.281 e. The molecule has 5 heteroatoms. The van der Waals surface area contributed by atoms with Crippen molar-refractivity contribution in [2.45, 2.75) is 0 Å². The maximum atomic E-state index is 11.9. The molecule has 0 bridgehead atoms. The third-order valence-electron chi connectivity index (χ3n) is 3.90. The molecule has 122 valence electrons. The molecule has 1 N–H and O–H groups in total. The van der Waals surface area contributed by atoms with E-state index in [0.717, 1.165) is 11.4 Å². The van der Waals surface area contributed by atoms with Crippen LogP contribution in [0.25, 0.3) is 16.5 Å². The minimum Gasteiger partial charge on any atom is -0.316 e. The molecule has 0 saturated carbocycles. The van der Waals surface area contributed by atoms with Gasteiger partial charge in [-0.25, -0.2) is 5.43 Å². The average molecular weight is 345 g/mol. The Labute approximate surface area is 149 Å². The standard InChI is InChI=1S/C20H15N3OS/c24-20(19-8-4-12-25-19)22-21-14-18-7-3-11-23(18)17-10-9-15-5-1-2-6-16(15)13-17/h1-14H,(H,22,24)/b21-14-. The highest BCUT2D eigenvalue weighted by Gasteiger charge is 2.05. The Balaban J connectivity index is 1.57. The SMILES string of the molecule is O=C(N/N=C\c1cccn1-c1ccc2ccccc2c1)c1cccs1. The summed E-state index contributed by atoms with van der Waals surface area (Å²) in [4.78, 5) is 12.6. The number of carbonyl (C=O) groups excluding carboxylic acids is 1. The number of nitrogens with one attached hydrogen (secondary N) is 1. The number of carbonyl (C=O) groups is 1. The Morgan fingerprint density at radius 2 is 1.88 bits per heavy atom. The fourth-order valence-electron chi connectivity index (χ4n) is 2.68. The summed E-state index contributed by atoms with van der Waals surface area (Å²) < 4.78 is 2.03. The second-order valence-corrected chi connectivity index (χ2v) is 6.46. The summed E-state index contributed by atoms with van der Waals surface area (Å²) in [7, 11) is 0. The number of aromatic nitrogens is 1. The molecule has 0 unspecified atom stereocenters. The average Bonchev–Trinajstić information content (AvgIpc) is 3.33. The molecule has 0 aliphatic carbocycles. The van der Waals surface area contributed by atoms with E-state index in [1.807, 2.05) is 46.5 Å². The van der Waals surface area contributed by atoms with Crippen molar-refractivity contribution in [2.24, 2.45) is 5.10 Å². The van der Waals surface area contributed by atoms with E-state index in [4.69, 9.17) is 0 Å². The zero-order valence-electron chi connectivity index (χ0n) is 13.3. The number of nitrogens with zero attached hydrogens (tertiary/aromatic N) is 2. The number of hydrogen-bond donors (Lipinski definition) is 1. The number of fused-ring (bicyclic) bond motifs is 1. The van der Waals surface area contributed by atoms with Crippen LogP contribution < -0.4 is 5.43 Å². The maximum Gasteiger partial charge on any atom is 0.281 e. The van der Waals surface area contributed by atoms with Gasteiger partial charge in [-0.05, 0) is 46.5 Å². The number of thiophene rings is 1. The van der Waals surface area contributed by atoms with Gasteiger partial charge in [-0.1, -0.05) is 36.4 Å². The summed E-state index contributed by atoms with van der Waals surface area (Å²) in [6, 6.07) is 22.1. The van der Waals surface area contributed by atoms with Crippen LogP contribution in [0.15, 0.2) is 83.4 Å². The van der Waals surface area contributed by atoms with Gasteiger partial charge in [0.1, 0.15) is 0 Å². The lowest BCUT2D eigenvalue weighted by molar-refractivity contribution is 0.0959. The van der Waals surface area contributed by atoms with Crippen molar-refractivity contribution in [1.29, 1.82) is 0 Å². The van der Waals surface area contributed by atoms with Crippen LogP contribution in [0.5, 0.6) is 0 Å². The van der Waals surface area contributed by atoms with Gasteiger partial charge in [-0.15, -0.1) is 11.3 Å². The Morgan fingerprint density at radius 1 is 1.00 bits per heavy atom. The Morgan fingerprint density at radius 3 is 2.72 bits per heavy atom. The summed E-state index contributed by atoms with van der Waals surface area (Å²) in [5.74, 6) is -0.199. The Hall–Kier alpha value is -3.18. The summed E-state index contributed by atoms with van der Waals surface area (Å²) in [6.45, 7) is 0. The summed E-state index contributed by atoms with van der Waals surface area (Å²) >= 11 is 1.39. The topological polar surface area (TPSA) is 46.4 Å². The summed E-state index contributed by atoms with van der Waals surface area (Å²) in [6.07, 6.45) is 3.63. The summed E-state index contributed by atoms with van der Waals surface area (Å²) in [5.41, 5.74) is 4.50. The first-order valence-corrected chi connectivity index (χ1v) is 8.73. The normalized spacial score (nSPS) is 11.2. The largest absolute Gasteiger partial charge is 0.316 e. The van der Waals surface area contributed by atoms with Crippen molar-refractivity contribution in [1.82, 2.24) is 9.99 Å². The van der Waals surface area contributed by atoms with Crippen LogP contribution in [0.4, 0.5) is 0 Å². The third kappa shape index (κ3) is 3.22. The molecule has 0 radical (unpaired) electrons. The van der Waals surface area contributed by atoms with E-state index in [2.05, 4.69) is 40.9 Å². The Kier molecular flexibility index (Phi) is 4.14. The second kappa shape index (κ2) is 6.75. The number of hydrazone groups is 1. The first-order valence-electron chi connectivity index (χ1n) is 7.85. The molecular weight excluding hydrogens is 330 g/mol. The molecule has 0 fully saturated rings. The third-order valence-corrected chi connectivity index (χ3v) is 4.77. The van der Waals surface area contributed by atoms with Crippen molar-refractivity contribution < 1.29 is 4.79 Å². The molecule has 4 aromatic rings. The van der Waals surface area contributed by atoms with Crippen molar-refractivity contribution in [3.8, 4) is 5.69 Å².